The van der Waals surface area contributed by atoms with Crippen LogP contribution in [0.3, 0.4) is 0 Å². The molecule has 0 fully saturated rings. The number of hydrogen-bond acceptors (Lipinski definition) is 2. The molecule has 1 aliphatic carbocycles. The molecular formula is C11H7BrO2S. The highest BCUT2D eigenvalue weighted by molar-refractivity contribution is 9.15. The maximum Gasteiger partial charge on any atom is 0.316 e. The second-order valence-electron chi connectivity index (χ2n) is 3.25. The lowest BCUT2D eigenvalue weighted by Crippen LogP contribution is -2.22. The molecule has 15 heavy (non-hydrogen) atoms. The predicted molar refractivity (Wildman–Crippen MR) is 66.3 cm³/mol. The molecule has 2 nitrogen and oxygen atoms in total. The van der Waals surface area contributed by atoms with E-state index in [4.69, 9.17) is 17.3 Å². The summed E-state index contributed by atoms with van der Waals surface area (Å²) in [5, 5.41) is 9.11. The number of allylic oxidation sites excluding steroid dienone is 1. The zero-order chi connectivity index (χ0) is 11.0. The summed E-state index contributed by atoms with van der Waals surface area (Å²) in [6.45, 7) is 0. The van der Waals surface area contributed by atoms with E-state index in [-0.39, 0.29) is 0 Å². The van der Waals surface area contributed by atoms with Crippen LogP contribution in [0.25, 0.3) is 4.48 Å². The molecular weight excluding hydrogens is 276 g/mol. The van der Waals surface area contributed by atoms with Gasteiger partial charge in [0.25, 0.3) is 0 Å². The van der Waals surface area contributed by atoms with Crippen molar-refractivity contribution in [3.63, 3.8) is 0 Å². The molecule has 1 aliphatic rings. The number of benzene rings is 1. The molecule has 76 valence electrons. The molecule has 0 bridgehead atoms. The smallest absolute Gasteiger partial charge is 0.316 e. The standard InChI is InChI=1S/C11H7BrO2S/c12-8-5-9(15)10(11(13)14)7-4-2-1-3-6(7)8/h1-5,10H,(H,13,14). The molecule has 0 heterocycles. The monoisotopic (exact) mass is 282 g/mol. The quantitative estimate of drug-likeness (QED) is 0.805. The Labute approximate surface area is 101 Å². The summed E-state index contributed by atoms with van der Waals surface area (Å²) in [7, 11) is 0. The molecule has 4 heteroatoms. The highest BCUT2D eigenvalue weighted by Gasteiger charge is 2.29. The van der Waals surface area contributed by atoms with Gasteiger partial charge >= 0.3 is 5.97 Å². The zero-order valence-electron chi connectivity index (χ0n) is 7.61. The molecule has 0 saturated carbocycles. The second-order valence-corrected chi connectivity index (χ2v) is 4.58. The highest BCUT2D eigenvalue weighted by atomic mass is 79.9. The Morgan fingerprint density at radius 1 is 1.40 bits per heavy atom. The van der Waals surface area contributed by atoms with Crippen LogP contribution >= 0.6 is 28.1 Å². The van der Waals surface area contributed by atoms with Crippen molar-refractivity contribution in [3.05, 3.63) is 41.5 Å². The summed E-state index contributed by atoms with van der Waals surface area (Å²) in [5.74, 6) is -1.60. The third-order valence-electron chi connectivity index (χ3n) is 2.33. The number of carboxylic acid groups (broad SMARTS) is 1. The van der Waals surface area contributed by atoms with Crippen molar-refractivity contribution in [1.29, 1.82) is 0 Å². The Balaban J connectivity index is 2.65. The van der Waals surface area contributed by atoms with E-state index in [1.54, 1.807) is 12.1 Å². The number of carbonyl (C=O) groups is 1. The van der Waals surface area contributed by atoms with Crippen LogP contribution in [0.5, 0.6) is 0 Å². The molecule has 0 aromatic heterocycles. The van der Waals surface area contributed by atoms with Gasteiger partial charge in [0.2, 0.25) is 0 Å². The SMILES string of the molecule is O=C(O)C1C(=S)C=C(Br)c2ccccc21. The van der Waals surface area contributed by atoms with Crippen molar-refractivity contribution < 1.29 is 9.90 Å². The van der Waals surface area contributed by atoms with E-state index >= 15 is 0 Å². The number of hydrogen-bond donors (Lipinski definition) is 1. The van der Waals surface area contributed by atoms with Crippen LogP contribution in [0.2, 0.25) is 0 Å². The molecule has 0 saturated heterocycles. The van der Waals surface area contributed by atoms with Crippen LogP contribution in [-0.4, -0.2) is 15.9 Å². The lowest BCUT2D eigenvalue weighted by atomic mass is 9.87. The molecule has 0 amide bonds. The van der Waals surface area contributed by atoms with E-state index in [0.717, 1.165) is 15.6 Å². The van der Waals surface area contributed by atoms with Crippen LogP contribution < -0.4 is 0 Å². The molecule has 0 radical (unpaired) electrons. The minimum Gasteiger partial charge on any atom is -0.481 e. The summed E-state index contributed by atoms with van der Waals surface area (Å²) in [6.07, 6.45) is 1.69. The van der Waals surface area contributed by atoms with E-state index in [2.05, 4.69) is 15.9 Å². The summed E-state index contributed by atoms with van der Waals surface area (Å²) >= 11 is 8.45. The van der Waals surface area contributed by atoms with E-state index in [9.17, 15) is 4.79 Å². The van der Waals surface area contributed by atoms with E-state index < -0.39 is 11.9 Å². The van der Waals surface area contributed by atoms with E-state index in [1.165, 1.54) is 0 Å². The van der Waals surface area contributed by atoms with Gasteiger partial charge in [-0.3, -0.25) is 4.79 Å². The predicted octanol–water partition coefficient (Wildman–Crippen LogP) is 2.97. The molecule has 1 atom stereocenters. The van der Waals surface area contributed by atoms with Crippen molar-refractivity contribution >= 4 is 43.5 Å². The van der Waals surface area contributed by atoms with Crippen LogP contribution in [0.15, 0.2) is 30.3 Å². The van der Waals surface area contributed by atoms with Crippen molar-refractivity contribution in [2.45, 2.75) is 5.92 Å². The Morgan fingerprint density at radius 2 is 2.07 bits per heavy atom. The fourth-order valence-corrected chi connectivity index (χ4v) is 2.77. The Kier molecular flexibility index (Phi) is 2.71. The summed E-state index contributed by atoms with van der Waals surface area (Å²) < 4.78 is 0.848. The van der Waals surface area contributed by atoms with Gasteiger partial charge in [-0.1, -0.05) is 52.4 Å². The molecule has 1 aromatic rings. The third kappa shape index (κ3) is 1.75. The van der Waals surface area contributed by atoms with Crippen molar-refractivity contribution in [2.75, 3.05) is 0 Å². The van der Waals surface area contributed by atoms with Gasteiger partial charge in [-0.15, -0.1) is 0 Å². The second kappa shape index (κ2) is 3.87. The normalized spacial score (nSPS) is 19.4. The average Bonchev–Trinajstić information content (AvgIpc) is 2.17. The van der Waals surface area contributed by atoms with E-state index in [1.807, 2.05) is 18.2 Å². The molecule has 1 N–H and O–H groups in total. The molecule has 0 aliphatic heterocycles. The topological polar surface area (TPSA) is 37.3 Å². The van der Waals surface area contributed by atoms with Gasteiger partial charge in [0.1, 0.15) is 5.92 Å². The average molecular weight is 283 g/mol. The van der Waals surface area contributed by atoms with Gasteiger partial charge < -0.3 is 5.11 Å². The molecule has 0 spiro atoms. The summed E-state index contributed by atoms with van der Waals surface area (Å²) in [5.41, 5.74) is 1.66. The fourth-order valence-electron chi connectivity index (χ4n) is 1.66. The first kappa shape index (κ1) is 10.5. The zero-order valence-corrected chi connectivity index (χ0v) is 10.0. The number of thiocarbonyl (C=S) groups is 1. The third-order valence-corrected chi connectivity index (χ3v) is 3.34. The Hall–Kier alpha value is -1.00. The Morgan fingerprint density at radius 3 is 2.73 bits per heavy atom. The lowest BCUT2D eigenvalue weighted by Gasteiger charge is -2.20. The van der Waals surface area contributed by atoms with Gasteiger partial charge in [-0.2, -0.15) is 0 Å². The van der Waals surface area contributed by atoms with Gasteiger partial charge in [0.15, 0.2) is 0 Å². The first-order valence-electron chi connectivity index (χ1n) is 4.34. The number of halogens is 1. The number of aliphatic carboxylic acids is 1. The van der Waals surface area contributed by atoms with Crippen LogP contribution in [0.4, 0.5) is 0 Å². The maximum atomic E-state index is 11.1. The van der Waals surface area contributed by atoms with Crippen molar-refractivity contribution in [2.24, 2.45) is 0 Å². The van der Waals surface area contributed by atoms with Gasteiger partial charge in [0, 0.05) is 9.35 Å². The maximum absolute atomic E-state index is 11.1. The van der Waals surface area contributed by atoms with Crippen LogP contribution in [0.1, 0.15) is 17.0 Å². The molecule has 1 unspecified atom stereocenters. The largest absolute Gasteiger partial charge is 0.481 e. The van der Waals surface area contributed by atoms with Gasteiger partial charge in [0.05, 0.1) is 0 Å². The van der Waals surface area contributed by atoms with E-state index in [0.29, 0.717) is 4.86 Å². The van der Waals surface area contributed by atoms with Gasteiger partial charge in [-0.05, 0) is 17.2 Å². The number of carboxylic acids is 1. The summed E-state index contributed by atoms with van der Waals surface area (Å²) in [6, 6.07) is 7.38. The van der Waals surface area contributed by atoms with Gasteiger partial charge in [-0.25, -0.2) is 0 Å². The lowest BCUT2D eigenvalue weighted by molar-refractivity contribution is -0.137. The molecule has 2 rings (SSSR count). The Bertz CT molecular complexity index is 479. The van der Waals surface area contributed by atoms with Crippen LogP contribution in [-0.2, 0) is 4.79 Å². The minimum atomic E-state index is -0.899. The number of rotatable bonds is 1. The van der Waals surface area contributed by atoms with Crippen molar-refractivity contribution in [3.8, 4) is 0 Å². The molecule has 1 aromatic carbocycles. The highest BCUT2D eigenvalue weighted by Crippen LogP contribution is 2.36. The first-order chi connectivity index (χ1) is 7.11. The van der Waals surface area contributed by atoms with Crippen LogP contribution in [0, 0.1) is 0 Å². The number of fused-ring (bicyclic) bond motifs is 1. The fraction of sp³-hybridized carbons (Fsp3) is 0.0909. The summed E-state index contributed by atoms with van der Waals surface area (Å²) in [4.78, 5) is 11.5. The van der Waals surface area contributed by atoms with Crippen molar-refractivity contribution in [1.82, 2.24) is 0 Å². The minimum absolute atomic E-state index is 0.438. The first-order valence-corrected chi connectivity index (χ1v) is 5.54.